The third-order valence-corrected chi connectivity index (χ3v) is 6.11. The first-order valence-electron chi connectivity index (χ1n) is 10.6. The van der Waals surface area contributed by atoms with Crippen molar-refractivity contribution in [2.45, 2.75) is 63.8 Å². The Morgan fingerprint density at radius 3 is 2.82 bits per heavy atom. The molecule has 150 valence electrons. The van der Waals surface area contributed by atoms with Crippen LogP contribution in [-0.2, 0) is 24.2 Å². The third kappa shape index (κ3) is 4.21. The second kappa shape index (κ2) is 8.76. The summed E-state index contributed by atoms with van der Waals surface area (Å²) in [5.74, 6) is 3.84. The molecule has 0 radical (unpaired) electrons. The first-order chi connectivity index (χ1) is 13.7. The van der Waals surface area contributed by atoms with E-state index in [2.05, 4.69) is 20.8 Å². The monoisotopic (exact) mass is 382 g/mol. The Balaban J connectivity index is 1.30. The van der Waals surface area contributed by atoms with Crippen molar-refractivity contribution in [1.29, 1.82) is 0 Å². The predicted molar refractivity (Wildman–Crippen MR) is 107 cm³/mol. The maximum atomic E-state index is 12.7. The van der Waals surface area contributed by atoms with Crippen LogP contribution in [0.3, 0.4) is 0 Å². The molecule has 0 bridgehead atoms. The van der Waals surface area contributed by atoms with E-state index in [1.54, 1.807) is 7.11 Å². The fraction of sp³-hybridized carbons (Fsp3) is 0.591. The molecule has 1 aromatic carbocycles. The summed E-state index contributed by atoms with van der Waals surface area (Å²) < 4.78 is 7.62. The van der Waals surface area contributed by atoms with E-state index >= 15 is 0 Å². The molecule has 6 heteroatoms. The highest BCUT2D eigenvalue weighted by Crippen LogP contribution is 2.29. The highest BCUT2D eigenvalue weighted by Gasteiger charge is 2.28. The number of ether oxygens (including phenoxy) is 1. The summed E-state index contributed by atoms with van der Waals surface area (Å²) in [6.45, 7) is 2.70. The molecular formula is C22H30N4O2. The Bertz CT molecular complexity index is 809. The van der Waals surface area contributed by atoms with Crippen LogP contribution in [0.4, 0.5) is 0 Å². The lowest BCUT2D eigenvalue weighted by Gasteiger charge is -2.32. The summed E-state index contributed by atoms with van der Waals surface area (Å²) in [4.78, 5) is 14.7. The van der Waals surface area contributed by atoms with Gasteiger partial charge in [0.2, 0.25) is 5.91 Å². The van der Waals surface area contributed by atoms with Crippen LogP contribution in [0.1, 0.15) is 61.7 Å². The Kier molecular flexibility index (Phi) is 5.93. The van der Waals surface area contributed by atoms with Crippen LogP contribution >= 0.6 is 0 Å². The van der Waals surface area contributed by atoms with E-state index in [0.29, 0.717) is 12.3 Å². The minimum atomic E-state index is 0.251. The van der Waals surface area contributed by atoms with Crippen molar-refractivity contribution >= 4 is 5.91 Å². The molecule has 2 aliphatic heterocycles. The molecule has 3 heterocycles. The minimum Gasteiger partial charge on any atom is -0.497 e. The topological polar surface area (TPSA) is 60.2 Å². The van der Waals surface area contributed by atoms with Gasteiger partial charge in [0.05, 0.1) is 7.11 Å². The van der Waals surface area contributed by atoms with Gasteiger partial charge in [-0.3, -0.25) is 4.79 Å². The Hall–Kier alpha value is -2.37. The zero-order valence-corrected chi connectivity index (χ0v) is 16.8. The summed E-state index contributed by atoms with van der Waals surface area (Å²) in [7, 11) is 1.67. The number of carbonyl (C=O) groups excluding carboxylic acids is 1. The van der Waals surface area contributed by atoms with Gasteiger partial charge >= 0.3 is 0 Å². The number of aryl methyl sites for hydroxylation is 2. The number of fused-ring (bicyclic) bond motifs is 1. The van der Waals surface area contributed by atoms with Gasteiger partial charge in [-0.2, -0.15) is 0 Å². The molecule has 4 rings (SSSR count). The van der Waals surface area contributed by atoms with Crippen molar-refractivity contribution in [1.82, 2.24) is 19.7 Å². The van der Waals surface area contributed by atoms with E-state index in [0.717, 1.165) is 68.3 Å². The Morgan fingerprint density at radius 2 is 2.00 bits per heavy atom. The fourth-order valence-corrected chi connectivity index (χ4v) is 4.43. The minimum absolute atomic E-state index is 0.251. The highest BCUT2D eigenvalue weighted by atomic mass is 16.5. The summed E-state index contributed by atoms with van der Waals surface area (Å²) in [5.41, 5.74) is 1.15. The normalized spacial score (nSPS) is 17.8. The summed E-state index contributed by atoms with van der Waals surface area (Å²) in [6, 6.07) is 7.97. The molecule has 1 saturated heterocycles. The second-order valence-electron chi connectivity index (χ2n) is 7.94. The molecule has 1 fully saturated rings. The maximum absolute atomic E-state index is 12.7. The van der Waals surface area contributed by atoms with Crippen molar-refractivity contribution in [3.8, 4) is 5.75 Å². The number of carbonyl (C=O) groups is 1. The molecule has 2 aliphatic rings. The van der Waals surface area contributed by atoms with Crippen molar-refractivity contribution < 1.29 is 9.53 Å². The first-order valence-corrected chi connectivity index (χ1v) is 10.6. The molecule has 1 aromatic heterocycles. The number of benzene rings is 1. The number of nitrogens with zero attached hydrogens (tertiary/aromatic N) is 4. The third-order valence-electron chi connectivity index (χ3n) is 6.11. The van der Waals surface area contributed by atoms with Crippen molar-refractivity contribution in [3.05, 3.63) is 41.5 Å². The first kappa shape index (κ1) is 19.0. The van der Waals surface area contributed by atoms with Gasteiger partial charge in [0.25, 0.3) is 0 Å². The van der Waals surface area contributed by atoms with E-state index in [1.165, 1.54) is 19.3 Å². The standard InChI is InChI=1S/C22H30N4O2/c1-28-19-7-5-6-17(16-19)9-10-21(27)25-14-11-18(12-15-25)22-24-23-20-8-3-2-4-13-26(20)22/h5-7,16,18H,2-4,8-15H2,1H3. The van der Waals surface area contributed by atoms with Crippen LogP contribution in [0.25, 0.3) is 0 Å². The van der Waals surface area contributed by atoms with E-state index in [1.807, 2.05) is 23.1 Å². The van der Waals surface area contributed by atoms with Crippen molar-refractivity contribution in [2.24, 2.45) is 0 Å². The lowest BCUT2D eigenvalue weighted by atomic mass is 9.95. The number of aromatic nitrogens is 3. The van der Waals surface area contributed by atoms with Gasteiger partial charge < -0.3 is 14.2 Å². The lowest BCUT2D eigenvalue weighted by Crippen LogP contribution is -2.38. The predicted octanol–water partition coefficient (Wildman–Crippen LogP) is 3.35. The van der Waals surface area contributed by atoms with E-state index < -0.39 is 0 Å². The smallest absolute Gasteiger partial charge is 0.222 e. The molecule has 0 atom stereocenters. The number of hydrogen-bond acceptors (Lipinski definition) is 4. The number of hydrogen-bond donors (Lipinski definition) is 0. The van der Waals surface area contributed by atoms with Crippen LogP contribution in [0.15, 0.2) is 24.3 Å². The molecule has 28 heavy (non-hydrogen) atoms. The molecule has 6 nitrogen and oxygen atoms in total. The van der Waals surface area contributed by atoms with Crippen LogP contribution in [0.2, 0.25) is 0 Å². The van der Waals surface area contributed by atoms with Crippen LogP contribution < -0.4 is 4.74 Å². The zero-order valence-electron chi connectivity index (χ0n) is 16.8. The summed E-state index contributed by atoms with van der Waals surface area (Å²) >= 11 is 0. The molecule has 2 aromatic rings. The van der Waals surface area contributed by atoms with E-state index in [9.17, 15) is 4.79 Å². The maximum Gasteiger partial charge on any atom is 0.222 e. The summed E-state index contributed by atoms with van der Waals surface area (Å²) in [5, 5.41) is 8.97. The molecule has 0 aliphatic carbocycles. The molecule has 0 N–H and O–H groups in total. The Morgan fingerprint density at radius 1 is 1.14 bits per heavy atom. The van der Waals surface area contributed by atoms with Gasteiger partial charge in [0.1, 0.15) is 17.4 Å². The lowest BCUT2D eigenvalue weighted by molar-refractivity contribution is -0.132. The molecule has 0 unspecified atom stereocenters. The fourth-order valence-electron chi connectivity index (χ4n) is 4.43. The highest BCUT2D eigenvalue weighted by molar-refractivity contribution is 5.76. The second-order valence-corrected chi connectivity index (χ2v) is 7.94. The van der Waals surface area contributed by atoms with Crippen LogP contribution in [0, 0.1) is 0 Å². The van der Waals surface area contributed by atoms with Gasteiger partial charge in [-0.05, 0) is 49.8 Å². The molecule has 0 saturated carbocycles. The van der Waals surface area contributed by atoms with Crippen molar-refractivity contribution in [2.75, 3.05) is 20.2 Å². The number of rotatable bonds is 5. The SMILES string of the molecule is COc1cccc(CCC(=O)N2CCC(c3nnc4n3CCCCC4)CC2)c1. The van der Waals surface area contributed by atoms with Gasteiger partial charge in [0.15, 0.2) is 0 Å². The van der Waals surface area contributed by atoms with Crippen LogP contribution in [-0.4, -0.2) is 45.8 Å². The number of methoxy groups -OCH3 is 1. The molecule has 0 spiro atoms. The van der Waals surface area contributed by atoms with Gasteiger partial charge in [-0.1, -0.05) is 18.6 Å². The zero-order chi connectivity index (χ0) is 19.3. The quantitative estimate of drug-likeness (QED) is 0.796. The van der Waals surface area contributed by atoms with E-state index in [-0.39, 0.29) is 5.91 Å². The average Bonchev–Trinajstić information content (AvgIpc) is 3.00. The van der Waals surface area contributed by atoms with Crippen LogP contribution in [0.5, 0.6) is 5.75 Å². The number of likely N-dealkylation sites (tertiary alicyclic amines) is 1. The Labute approximate surface area is 166 Å². The van der Waals surface area contributed by atoms with Gasteiger partial charge in [-0.25, -0.2) is 0 Å². The average molecular weight is 383 g/mol. The molecule has 1 amide bonds. The largest absolute Gasteiger partial charge is 0.497 e. The molecular weight excluding hydrogens is 352 g/mol. The number of amides is 1. The van der Waals surface area contributed by atoms with Gasteiger partial charge in [0, 0.05) is 38.4 Å². The van der Waals surface area contributed by atoms with Gasteiger partial charge in [-0.15, -0.1) is 10.2 Å². The van der Waals surface area contributed by atoms with Crippen molar-refractivity contribution in [3.63, 3.8) is 0 Å². The number of piperidine rings is 1. The summed E-state index contributed by atoms with van der Waals surface area (Å²) in [6.07, 6.45) is 8.06. The van der Waals surface area contributed by atoms with E-state index in [4.69, 9.17) is 4.74 Å².